The van der Waals surface area contributed by atoms with E-state index in [1.165, 1.54) is 0 Å². The summed E-state index contributed by atoms with van der Waals surface area (Å²) in [5, 5.41) is 0. The maximum absolute atomic E-state index is 6.24. The lowest BCUT2D eigenvalue weighted by Gasteiger charge is -2.25. The summed E-state index contributed by atoms with van der Waals surface area (Å²) < 4.78 is 0. The summed E-state index contributed by atoms with van der Waals surface area (Å²) in [6, 6.07) is 31.9. The van der Waals surface area contributed by atoms with E-state index in [2.05, 4.69) is 63.7 Å². The number of nitrogens with zero attached hydrogens (tertiary/aromatic N) is 2. The molecular formula is C34H36N2O2. The van der Waals surface area contributed by atoms with Crippen molar-refractivity contribution in [1.82, 2.24) is 0 Å². The topological polar surface area (TPSA) is 43.2 Å². The predicted molar refractivity (Wildman–Crippen MR) is 159 cm³/mol. The van der Waals surface area contributed by atoms with Gasteiger partial charge in [-0.15, -0.1) is 0 Å². The minimum atomic E-state index is -0.170. The van der Waals surface area contributed by atoms with Crippen LogP contribution in [0.3, 0.4) is 0 Å². The van der Waals surface area contributed by atoms with Gasteiger partial charge in [0.25, 0.3) is 0 Å². The first-order valence-electron chi connectivity index (χ1n) is 12.9. The molecule has 4 aromatic carbocycles. The highest BCUT2D eigenvalue weighted by atomic mass is 17.2. The van der Waals surface area contributed by atoms with Gasteiger partial charge in [0.1, 0.15) is 0 Å². The number of rotatable bonds is 7. The molecule has 0 aliphatic rings. The molecule has 0 aliphatic heterocycles. The molecule has 0 spiro atoms. The second-order valence-electron chi connectivity index (χ2n) is 11.3. The summed E-state index contributed by atoms with van der Waals surface area (Å²) in [5.74, 6) is 1.30. The molecule has 0 saturated carbocycles. The van der Waals surface area contributed by atoms with Crippen LogP contribution in [0.5, 0.6) is 11.5 Å². The Kier molecular flexibility index (Phi) is 8.11. The zero-order chi connectivity index (χ0) is 27.2. The first-order valence-corrected chi connectivity index (χ1v) is 12.9. The van der Waals surface area contributed by atoms with Crippen LogP contribution in [-0.2, 0) is 10.8 Å². The van der Waals surface area contributed by atoms with Crippen LogP contribution in [0.15, 0.2) is 107 Å². The van der Waals surface area contributed by atoms with Crippen LogP contribution >= 0.6 is 0 Å². The van der Waals surface area contributed by atoms with Gasteiger partial charge in [-0.05, 0) is 47.2 Å². The van der Waals surface area contributed by atoms with E-state index in [4.69, 9.17) is 9.78 Å². The molecule has 0 aliphatic carbocycles. The van der Waals surface area contributed by atoms with Crippen molar-refractivity contribution in [3.05, 3.63) is 119 Å². The zero-order valence-corrected chi connectivity index (χ0v) is 23.1. The highest BCUT2D eigenvalue weighted by molar-refractivity contribution is 5.87. The molecule has 194 valence electrons. The Morgan fingerprint density at radius 1 is 0.474 bits per heavy atom. The van der Waals surface area contributed by atoms with Crippen LogP contribution < -0.4 is 9.78 Å². The van der Waals surface area contributed by atoms with E-state index < -0.39 is 0 Å². The van der Waals surface area contributed by atoms with Gasteiger partial charge in [0, 0.05) is 34.7 Å². The standard InChI is InChI=1S/C34H36N2O2/c1-33(2,3)29-21-13-15-25(23-35-27-17-9-7-10-18-27)31(29)37-38-32-26(16-14-22-30(32)34(4,5)6)24-36-28-19-11-8-12-20-28/h7-24H,1-6H3. The normalized spacial score (nSPS) is 12.3. The van der Waals surface area contributed by atoms with Crippen LogP contribution in [0.1, 0.15) is 63.8 Å². The van der Waals surface area contributed by atoms with Gasteiger partial charge in [0.05, 0.1) is 11.4 Å². The fourth-order valence-electron chi connectivity index (χ4n) is 4.08. The van der Waals surface area contributed by atoms with Crippen molar-refractivity contribution in [2.75, 3.05) is 0 Å². The quantitative estimate of drug-likeness (QED) is 0.143. The van der Waals surface area contributed by atoms with Gasteiger partial charge in [-0.25, -0.2) is 0 Å². The lowest BCUT2D eigenvalue weighted by Crippen LogP contribution is -2.19. The largest absolute Gasteiger partial charge is 0.289 e. The summed E-state index contributed by atoms with van der Waals surface area (Å²) in [6.07, 6.45) is 3.66. The average molecular weight is 505 g/mol. The van der Waals surface area contributed by atoms with Crippen molar-refractivity contribution in [3.8, 4) is 11.5 Å². The average Bonchev–Trinajstić information content (AvgIpc) is 2.90. The molecule has 38 heavy (non-hydrogen) atoms. The van der Waals surface area contributed by atoms with Crippen molar-refractivity contribution < 1.29 is 9.78 Å². The van der Waals surface area contributed by atoms with Crippen molar-refractivity contribution >= 4 is 23.8 Å². The fourth-order valence-corrected chi connectivity index (χ4v) is 4.08. The molecule has 0 N–H and O–H groups in total. The third-order valence-corrected chi connectivity index (χ3v) is 6.13. The zero-order valence-electron chi connectivity index (χ0n) is 23.1. The third-order valence-electron chi connectivity index (χ3n) is 6.13. The van der Waals surface area contributed by atoms with Crippen LogP contribution in [-0.4, -0.2) is 12.4 Å². The lowest BCUT2D eigenvalue weighted by atomic mass is 9.85. The van der Waals surface area contributed by atoms with Gasteiger partial charge in [0.2, 0.25) is 0 Å². The molecule has 0 unspecified atom stereocenters. The van der Waals surface area contributed by atoms with Crippen molar-refractivity contribution in [2.45, 2.75) is 52.4 Å². The van der Waals surface area contributed by atoms with E-state index in [9.17, 15) is 0 Å². The monoisotopic (exact) mass is 504 g/mol. The third kappa shape index (κ3) is 6.77. The van der Waals surface area contributed by atoms with Crippen molar-refractivity contribution in [2.24, 2.45) is 9.98 Å². The molecule has 0 bridgehead atoms. The second-order valence-corrected chi connectivity index (χ2v) is 11.3. The van der Waals surface area contributed by atoms with Gasteiger partial charge in [-0.2, -0.15) is 0 Å². The molecular weight excluding hydrogens is 468 g/mol. The molecule has 4 aromatic rings. The molecule has 4 heteroatoms. The fraction of sp³-hybridized carbons (Fsp3) is 0.235. The molecule has 0 saturated heterocycles. The number of hydrogen-bond donors (Lipinski definition) is 0. The number of para-hydroxylation sites is 4. The van der Waals surface area contributed by atoms with Crippen molar-refractivity contribution in [1.29, 1.82) is 0 Å². The van der Waals surface area contributed by atoms with Crippen LogP contribution in [0.25, 0.3) is 0 Å². The summed E-state index contributed by atoms with van der Waals surface area (Å²) in [7, 11) is 0. The number of aliphatic imine (C=N–C) groups is 2. The van der Waals surface area contributed by atoms with E-state index >= 15 is 0 Å². The maximum atomic E-state index is 6.24. The molecule has 0 atom stereocenters. The predicted octanol–water partition coefficient (Wildman–Crippen LogP) is 9.16. The van der Waals surface area contributed by atoms with Gasteiger partial charge < -0.3 is 0 Å². The van der Waals surface area contributed by atoms with Gasteiger partial charge in [-0.3, -0.25) is 19.8 Å². The summed E-state index contributed by atoms with van der Waals surface area (Å²) in [6.45, 7) is 13.0. The SMILES string of the molecule is CC(C)(C)c1cccc(C=Nc2ccccc2)c1OOc1c(C=Nc2ccccc2)cccc1C(C)(C)C. The Hall–Kier alpha value is -4.18. The Labute approximate surface area is 226 Å². The molecule has 0 amide bonds. The molecule has 4 nitrogen and oxygen atoms in total. The highest BCUT2D eigenvalue weighted by Gasteiger charge is 2.25. The Morgan fingerprint density at radius 3 is 1.18 bits per heavy atom. The Balaban J connectivity index is 1.75. The lowest BCUT2D eigenvalue weighted by molar-refractivity contribution is -0.103. The maximum Gasteiger partial charge on any atom is 0.191 e. The molecule has 0 heterocycles. The minimum absolute atomic E-state index is 0.170. The summed E-state index contributed by atoms with van der Waals surface area (Å²) >= 11 is 0. The summed E-state index contributed by atoms with van der Waals surface area (Å²) in [4.78, 5) is 21.8. The highest BCUT2D eigenvalue weighted by Crippen LogP contribution is 2.37. The van der Waals surface area contributed by atoms with E-state index in [1.54, 1.807) is 0 Å². The van der Waals surface area contributed by atoms with E-state index in [-0.39, 0.29) is 10.8 Å². The van der Waals surface area contributed by atoms with Crippen molar-refractivity contribution in [3.63, 3.8) is 0 Å². The van der Waals surface area contributed by atoms with E-state index in [1.807, 2.05) is 97.4 Å². The first-order chi connectivity index (χ1) is 18.1. The van der Waals surface area contributed by atoms with Crippen LogP contribution in [0, 0.1) is 0 Å². The van der Waals surface area contributed by atoms with E-state index in [0.717, 1.165) is 33.6 Å². The van der Waals surface area contributed by atoms with Crippen LogP contribution in [0.4, 0.5) is 11.4 Å². The number of benzene rings is 4. The molecule has 4 rings (SSSR count). The minimum Gasteiger partial charge on any atom is -0.289 e. The number of hydrogen-bond acceptors (Lipinski definition) is 4. The van der Waals surface area contributed by atoms with Gasteiger partial charge in [-0.1, -0.05) is 102 Å². The second kappa shape index (κ2) is 11.5. The molecule has 0 aromatic heterocycles. The molecule has 0 fully saturated rings. The smallest absolute Gasteiger partial charge is 0.191 e. The van der Waals surface area contributed by atoms with E-state index in [0.29, 0.717) is 11.5 Å². The van der Waals surface area contributed by atoms with Gasteiger partial charge in [0.15, 0.2) is 11.5 Å². The van der Waals surface area contributed by atoms with Gasteiger partial charge >= 0.3 is 0 Å². The van der Waals surface area contributed by atoms with Crippen LogP contribution in [0.2, 0.25) is 0 Å². The first kappa shape index (κ1) is 26.9. The molecule has 0 radical (unpaired) electrons. The Morgan fingerprint density at radius 2 is 0.842 bits per heavy atom. The summed E-state index contributed by atoms with van der Waals surface area (Å²) in [5.41, 5.74) is 5.15. The Bertz CT molecular complexity index is 1300.